The second-order valence-electron chi connectivity index (χ2n) is 9.77. The van der Waals surface area contributed by atoms with E-state index in [0.29, 0.717) is 36.8 Å². The van der Waals surface area contributed by atoms with Gasteiger partial charge in [-0.05, 0) is 90.5 Å². The Kier molecular flexibility index (Phi) is 107. The molecule has 26 heteroatoms. The zero-order valence-corrected chi connectivity index (χ0v) is 45.3. The van der Waals surface area contributed by atoms with Gasteiger partial charge in [-0.25, -0.2) is 0 Å². The molecule has 0 saturated carbocycles. The average molecular weight is 1180 g/mol. The van der Waals surface area contributed by atoms with Crippen molar-refractivity contribution in [1.29, 1.82) is 0 Å². The van der Waals surface area contributed by atoms with Crippen molar-refractivity contribution in [2.24, 2.45) is 43.6 Å². The summed E-state index contributed by atoms with van der Waals surface area (Å²) in [5.41, 5.74) is 22.2. The summed E-state index contributed by atoms with van der Waals surface area (Å²) in [5, 5.41) is 52.8. The van der Waals surface area contributed by atoms with Crippen LogP contribution in [-0.2, 0) is 19.2 Å². The van der Waals surface area contributed by atoms with Gasteiger partial charge in [0, 0.05) is 32.4 Å². The maximum atomic E-state index is 10.2. The zero-order chi connectivity index (χ0) is 46.9. The fourth-order valence-corrected chi connectivity index (χ4v) is 2.09. The molecule has 2 aromatic rings. The summed E-state index contributed by atoms with van der Waals surface area (Å²) in [6.45, 7) is 23.6. The van der Waals surface area contributed by atoms with Crippen molar-refractivity contribution in [2.75, 3.05) is 35.3 Å². The van der Waals surface area contributed by atoms with Gasteiger partial charge in [-0.2, -0.15) is 0 Å². The Morgan fingerprint density at radius 3 is 1.20 bits per heavy atom. The summed E-state index contributed by atoms with van der Waals surface area (Å²) >= 11 is 5.30. The number of esters is 1. The number of aryl methyl sites for hydroxylation is 4. The van der Waals surface area contributed by atoms with E-state index in [4.69, 9.17) is 29.8 Å². The smallest absolute Gasteiger partial charge is 0.794 e. The molecule has 2 aromatic heterocycles. The molecule has 0 fully saturated rings. The third kappa shape index (κ3) is 108. The van der Waals surface area contributed by atoms with Crippen LogP contribution < -0.4 is 80.1 Å². The molecule has 0 radical (unpaired) electrons. The van der Waals surface area contributed by atoms with E-state index in [-0.39, 0.29) is 62.0 Å². The van der Waals surface area contributed by atoms with Crippen LogP contribution in [0.2, 0.25) is 0 Å². The van der Waals surface area contributed by atoms with Crippen LogP contribution in [0, 0.1) is 39.8 Å². The van der Waals surface area contributed by atoms with Crippen LogP contribution in [0.3, 0.4) is 0 Å². The zero-order valence-electron chi connectivity index (χ0n) is 38.8. The number of ether oxygens (including phenoxy) is 1. The van der Waals surface area contributed by atoms with Gasteiger partial charge in [0.1, 0.15) is 17.3 Å². The number of Topliss-reactive ketones (excluding diaryl/α,β-unsaturated/α-hetero) is 1. The molecule has 14 N–H and O–H groups in total. The number of nitrogens with two attached hydrogens (primary N) is 4. The molecule has 344 valence electrons. The summed E-state index contributed by atoms with van der Waals surface area (Å²) in [6, 6.07) is 3.78. The Bertz CT molecular complexity index is 1160. The number of hydrogen-bond acceptors (Lipinski definition) is 21. The minimum absolute atomic E-state index is 0. The van der Waals surface area contributed by atoms with Crippen LogP contribution in [0.1, 0.15) is 91.1 Å². The molecule has 1 unspecified atom stereocenters. The van der Waals surface area contributed by atoms with Crippen LogP contribution in [0.25, 0.3) is 0 Å². The second kappa shape index (κ2) is 71.0. The number of nitrogens with zero attached hydrogens (tertiary/aromatic N) is 6. The van der Waals surface area contributed by atoms with Crippen LogP contribution in [-0.4, -0.2) is 102 Å². The van der Waals surface area contributed by atoms with Crippen LogP contribution in [0.5, 0.6) is 0 Å². The Hall–Kier alpha value is -1.55. The SMILES string of the molecule is CC(=O)C/C(C)=N\O.CC(C)=NO.CC1=NOC(C)(O)C1.CN.CN.CN.CN.COC(C)=O.Cc1cc(C)on1.Cc1cc(C)on1.I[I-]I.N.[CH2-]/C(C)=N\[O-].[Li+].[Li+]. The largest absolute Gasteiger partial charge is 1.00 e. The predicted molar refractivity (Wildman–Crippen MR) is 245 cm³/mol. The Morgan fingerprint density at radius 2 is 1.15 bits per heavy atom. The summed E-state index contributed by atoms with van der Waals surface area (Å²) < 4.78 is 13.5. The number of methoxy groups -OCH3 is 1. The van der Waals surface area contributed by atoms with Gasteiger partial charge in [-0.15, -0.1) is 5.71 Å². The number of rotatable bonds is 2. The van der Waals surface area contributed by atoms with Crippen molar-refractivity contribution >= 4 is 71.8 Å². The number of carbonyl (C=O) groups excluding carboxylic acids is 2. The number of aliphatic hydroxyl groups is 1. The summed E-state index contributed by atoms with van der Waals surface area (Å²) in [4.78, 5) is 24.4. The molecule has 59 heavy (non-hydrogen) atoms. The van der Waals surface area contributed by atoms with E-state index in [1.807, 2.05) is 46.8 Å². The maximum absolute atomic E-state index is 10.2. The van der Waals surface area contributed by atoms with Crippen LogP contribution in [0.4, 0.5) is 0 Å². The molecule has 21 nitrogen and oxygen atoms in total. The molecular weight excluding hydrogens is 1110 g/mol. The van der Waals surface area contributed by atoms with Gasteiger partial charge in [0.15, 0.2) is 0 Å². The summed E-state index contributed by atoms with van der Waals surface area (Å²) in [7, 11) is 7.35. The third-order valence-electron chi connectivity index (χ3n) is 3.79. The molecule has 0 aromatic carbocycles. The van der Waals surface area contributed by atoms with E-state index < -0.39 is 5.79 Å². The summed E-state index contributed by atoms with van der Waals surface area (Å²) in [6.07, 6.45) is 0.767. The molecule has 1 aliphatic rings. The molecule has 0 spiro atoms. The van der Waals surface area contributed by atoms with Gasteiger partial charge >= 0.3 is 94.2 Å². The Balaban J connectivity index is -0.0000000419. The number of aromatic nitrogens is 2. The van der Waals surface area contributed by atoms with Gasteiger partial charge in [-0.3, -0.25) is 9.59 Å². The van der Waals surface area contributed by atoms with Crippen molar-refractivity contribution in [3.63, 3.8) is 0 Å². The van der Waals surface area contributed by atoms with Crippen molar-refractivity contribution in [3.8, 4) is 0 Å². The van der Waals surface area contributed by atoms with Crippen molar-refractivity contribution in [3.05, 3.63) is 47.2 Å². The van der Waals surface area contributed by atoms with E-state index in [2.05, 4.69) is 108 Å². The number of carbonyl (C=O) groups is 2. The van der Waals surface area contributed by atoms with Gasteiger partial charge in [0.05, 0.1) is 42.1 Å². The molecule has 0 aliphatic carbocycles. The van der Waals surface area contributed by atoms with Gasteiger partial charge in [0.25, 0.3) is 0 Å². The first-order chi connectivity index (χ1) is 26.1. The molecule has 0 bridgehead atoms. The molecular formula is C33H73I3Li2N11O10-. The first-order valence-electron chi connectivity index (χ1n) is 15.8. The van der Waals surface area contributed by atoms with E-state index >= 15 is 0 Å². The first-order valence-corrected chi connectivity index (χ1v) is 28.4. The fraction of sp³-hybridized carbons (Fsp3) is 0.606. The third-order valence-corrected chi connectivity index (χ3v) is 3.79. The maximum Gasteiger partial charge on any atom is 1.00 e. The molecule has 1 aliphatic heterocycles. The number of ketones is 1. The van der Waals surface area contributed by atoms with E-state index in [1.54, 1.807) is 34.6 Å². The number of oxime groups is 3. The van der Waals surface area contributed by atoms with E-state index in [9.17, 15) is 9.59 Å². The Labute approximate surface area is 407 Å². The van der Waals surface area contributed by atoms with Gasteiger partial charge in [0.2, 0.25) is 5.79 Å². The standard InChI is InChI=1S/2C5H9NO2.2C5H7NO.C3H7NO.C3H6NO.C3H6O2.4CH5N.I3.2Li.H3N/c1-4-3-5(2,7)8-6-4;1-4(6-8)3-5(2)7;2*1-4-3-5(2)7-6-4;2*1-3(2)4-5;1-3(4)5-2;4*1-2;1-3-2;;;/h7H,3H2,1-2H3;8H,3H2,1-2H3;2*3H,1-2H3;5H,1-2H3;5H,1H2,2H3;1-2H3;4*2H2,1H3;;;;1H3/q;;;;;-1;;;;;;-1;2*+1;/p-1/b;6-4-;;;;4-3+;;;;;;;;;. The quantitative estimate of drug-likeness (QED) is 0.0282. The molecule has 3 rings (SSSR count). The Morgan fingerprint density at radius 1 is 0.864 bits per heavy atom. The molecule has 3 heterocycles. The minimum Gasteiger partial charge on any atom is -0.794 e. The van der Waals surface area contributed by atoms with Crippen LogP contribution >= 0.6 is 37.2 Å². The monoisotopic (exact) mass is 1180 g/mol. The molecule has 1 atom stereocenters. The minimum atomic E-state index is -1.04. The number of halogens is 3. The average Bonchev–Trinajstić information content (AvgIpc) is 3.85. The predicted octanol–water partition coefficient (Wildman–Crippen LogP) is -3.05. The molecule has 0 saturated heterocycles. The van der Waals surface area contributed by atoms with E-state index in [0.717, 1.165) is 28.6 Å². The van der Waals surface area contributed by atoms with Crippen LogP contribution in [0.15, 0.2) is 41.8 Å². The van der Waals surface area contributed by atoms with Gasteiger partial charge < -0.3 is 80.5 Å². The van der Waals surface area contributed by atoms with E-state index in [1.165, 1.54) is 49.1 Å². The summed E-state index contributed by atoms with van der Waals surface area (Å²) in [5.74, 6) is 0.477. The molecule has 0 amide bonds. The second-order valence-corrected chi connectivity index (χ2v) is 26.0. The fourth-order valence-electron chi connectivity index (χ4n) is 2.09. The van der Waals surface area contributed by atoms with Gasteiger partial charge in [-0.1, -0.05) is 32.7 Å². The van der Waals surface area contributed by atoms with Crippen molar-refractivity contribution in [1.82, 2.24) is 16.5 Å². The van der Waals surface area contributed by atoms with Crippen molar-refractivity contribution < 1.29 is 94.7 Å². The van der Waals surface area contributed by atoms with Crippen molar-refractivity contribution in [2.45, 2.75) is 102 Å². The first kappa shape index (κ1) is 88.6. The topological polar surface area (TPSA) is 377 Å². The normalized spacial score (nSPS) is 11.7. The number of hydrogen-bond donors (Lipinski definition) is 8.